The average molecular weight is 265 g/mol. The predicted molar refractivity (Wildman–Crippen MR) is 68.3 cm³/mol. The van der Waals surface area contributed by atoms with E-state index in [1.54, 1.807) is 12.1 Å². The zero-order chi connectivity index (χ0) is 13.8. The van der Waals surface area contributed by atoms with Crippen LogP contribution in [0.1, 0.15) is 5.56 Å². The number of halogens is 2. The highest BCUT2D eigenvalue weighted by Gasteiger charge is 2.05. The van der Waals surface area contributed by atoms with E-state index in [2.05, 4.69) is 5.32 Å². The van der Waals surface area contributed by atoms with Crippen LogP contribution in [0.5, 0.6) is 11.5 Å². The third-order valence-electron chi connectivity index (χ3n) is 2.66. The van der Waals surface area contributed by atoms with Gasteiger partial charge in [-0.3, -0.25) is 0 Å². The fraction of sp³-hybridized carbons (Fsp3) is 0.143. The molecule has 0 amide bonds. The Balaban J connectivity index is 2.12. The molecule has 0 heterocycles. The number of hydrogen-bond donors (Lipinski definition) is 2. The molecule has 0 aliphatic heterocycles. The van der Waals surface area contributed by atoms with Gasteiger partial charge in [-0.1, -0.05) is 6.07 Å². The minimum absolute atomic E-state index is 0.0307. The van der Waals surface area contributed by atoms with Crippen LogP contribution in [0.3, 0.4) is 0 Å². The van der Waals surface area contributed by atoms with Gasteiger partial charge in [-0.2, -0.15) is 0 Å². The van der Waals surface area contributed by atoms with Gasteiger partial charge in [-0.15, -0.1) is 0 Å². The maximum atomic E-state index is 13.4. The number of phenolic OH excluding ortho intramolecular Hbond substituents is 1. The van der Waals surface area contributed by atoms with Crippen molar-refractivity contribution in [3.63, 3.8) is 0 Å². The molecule has 0 unspecified atom stereocenters. The number of nitrogens with one attached hydrogen (secondary N) is 1. The van der Waals surface area contributed by atoms with Crippen LogP contribution in [0, 0.1) is 11.6 Å². The van der Waals surface area contributed by atoms with Crippen molar-refractivity contribution in [1.82, 2.24) is 0 Å². The molecule has 0 saturated heterocycles. The number of aromatic hydroxyl groups is 1. The lowest BCUT2D eigenvalue weighted by molar-refractivity contribution is 0.373. The molecule has 2 aromatic carbocycles. The van der Waals surface area contributed by atoms with E-state index in [0.717, 1.165) is 23.8 Å². The molecule has 0 atom stereocenters. The van der Waals surface area contributed by atoms with Crippen LogP contribution >= 0.6 is 0 Å². The molecule has 0 radical (unpaired) electrons. The summed E-state index contributed by atoms with van der Waals surface area (Å²) in [6.07, 6.45) is 0. The Labute approximate surface area is 109 Å². The number of benzene rings is 2. The number of hydrogen-bond acceptors (Lipinski definition) is 3. The van der Waals surface area contributed by atoms with Crippen molar-refractivity contribution in [2.45, 2.75) is 6.54 Å². The summed E-state index contributed by atoms with van der Waals surface area (Å²) >= 11 is 0. The largest absolute Gasteiger partial charge is 0.504 e. The number of methoxy groups -OCH3 is 1. The number of rotatable bonds is 4. The van der Waals surface area contributed by atoms with Gasteiger partial charge < -0.3 is 15.2 Å². The third-order valence-corrected chi connectivity index (χ3v) is 2.66. The first kappa shape index (κ1) is 13.1. The van der Waals surface area contributed by atoms with Crippen molar-refractivity contribution in [3.05, 3.63) is 53.6 Å². The van der Waals surface area contributed by atoms with Crippen molar-refractivity contribution in [1.29, 1.82) is 0 Å². The van der Waals surface area contributed by atoms with Gasteiger partial charge in [-0.05, 0) is 35.9 Å². The highest BCUT2D eigenvalue weighted by Crippen LogP contribution is 2.26. The van der Waals surface area contributed by atoms with E-state index in [0.29, 0.717) is 5.75 Å². The molecule has 19 heavy (non-hydrogen) atoms. The number of anilines is 1. The summed E-state index contributed by atoms with van der Waals surface area (Å²) in [7, 11) is 1.44. The Morgan fingerprint density at radius 2 is 1.95 bits per heavy atom. The van der Waals surface area contributed by atoms with Gasteiger partial charge in [0.05, 0.1) is 12.8 Å². The molecular weight excluding hydrogens is 252 g/mol. The lowest BCUT2D eigenvalue weighted by Gasteiger charge is -2.10. The smallest absolute Gasteiger partial charge is 0.160 e. The molecule has 0 aliphatic carbocycles. The van der Waals surface area contributed by atoms with E-state index in [1.165, 1.54) is 13.2 Å². The molecule has 2 N–H and O–H groups in total. The maximum Gasteiger partial charge on any atom is 0.160 e. The van der Waals surface area contributed by atoms with Gasteiger partial charge in [-0.25, -0.2) is 8.78 Å². The summed E-state index contributed by atoms with van der Waals surface area (Å²) in [5.41, 5.74) is 0.866. The van der Waals surface area contributed by atoms with E-state index in [4.69, 9.17) is 4.74 Å². The molecule has 0 fully saturated rings. The van der Waals surface area contributed by atoms with Crippen LogP contribution in [-0.2, 0) is 6.54 Å². The standard InChI is InChI=1S/C14H13F2NO2/c1-19-14-6-9(2-5-13(14)18)8-17-12-7-10(15)3-4-11(12)16/h2-7,17-18H,8H2,1H3. The molecule has 0 aliphatic rings. The van der Waals surface area contributed by atoms with Crippen molar-refractivity contribution in [2.24, 2.45) is 0 Å². The molecule has 100 valence electrons. The van der Waals surface area contributed by atoms with Crippen LogP contribution < -0.4 is 10.1 Å². The summed E-state index contributed by atoms with van der Waals surface area (Å²) in [4.78, 5) is 0. The van der Waals surface area contributed by atoms with Crippen LogP contribution in [0.15, 0.2) is 36.4 Å². The maximum absolute atomic E-state index is 13.4. The Morgan fingerprint density at radius 1 is 1.16 bits per heavy atom. The second-order valence-electron chi connectivity index (χ2n) is 3.98. The van der Waals surface area contributed by atoms with E-state index in [9.17, 15) is 13.9 Å². The molecular formula is C14H13F2NO2. The molecule has 5 heteroatoms. The first-order valence-electron chi connectivity index (χ1n) is 5.65. The normalized spacial score (nSPS) is 10.3. The monoisotopic (exact) mass is 265 g/mol. The highest BCUT2D eigenvalue weighted by atomic mass is 19.1. The van der Waals surface area contributed by atoms with E-state index < -0.39 is 11.6 Å². The second-order valence-corrected chi connectivity index (χ2v) is 3.98. The quantitative estimate of drug-likeness (QED) is 0.891. The van der Waals surface area contributed by atoms with Crippen LogP contribution in [0.4, 0.5) is 14.5 Å². The molecule has 2 rings (SSSR count). The van der Waals surface area contributed by atoms with Gasteiger partial charge in [0, 0.05) is 6.54 Å². The van der Waals surface area contributed by atoms with Gasteiger partial charge in [0.15, 0.2) is 11.5 Å². The zero-order valence-electron chi connectivity index (χ0n) is 10.3. The summed E-state index contributed by atoms with van der Waals surface area (Å²) in [5, 5.41) is 12.2. The third kappa shape index (κ3) is 3.13. The number of phenols is 1. The fourth-order valence-corrected chi connectivity index (χ4v) is 1.66. The van der Waals surface area contributed by atoms with Crippen molar-refractivity contribution >= 4 is 5.69 Å². The SMILES string of the molecule is COc1cc(CNc2cc(F)ccc2F)ccc1O. The molecule has 2 aromatic rings. The molecule has 0 aromatic heterocycles. The Bertz CT molecular complexity index is 588. The van der Waals surface area contributed by atoms with Crippen LogP contribution in [-0.4, -0.2) is 12.2 Å². The zero-order valence-corrected chi connectivity index (χ0v) is 10.3. The lowest BCUT2D eigenvalue weighted by atomic mass is 10.2. The van der Waals surface area contributed by atoms with Gasteiger partial charge in [0.1, 0.15) is 11.6 Å². The summed E-state index contributed by atoms with van der Waals surface area (Å²) in [5.74, 6) is -0.665. The Morgan fingerprint density at radius 3 is 2.68 bits per heavy atom. The Hall–Kier alpha value is -2.30. The second kappa shape index (κ2) is 5.56. The first-order chi connectivity index (χ1) is 9.10. The van der Waals surface area contributed by atoms with Gasteiger partial charge in [0.2, 0.25) is 0 Å². The van der Waals surface area contributed by atoms with Gasteiger partial charge >= 0.3 is 0 Å². The van der Waals surface area contributed by atoms with Crippen LogP contribution in [0.2, 0.25) is 0 Å². The summed E-state index contributed by atoms with van der Waals surface area (Å²) in [6, 6.07) is 7.99. The molecule has 0 spiro atoms. The summed E-state index contributed by atoms with van der Waals surface area (Å²) in [6.45, 7) is 0.289. The highest BCUT2D eigenvalue weighted by molar-refractivity contribution is 5.47. The fourth-order valence-electron chi connectivity index (χ4n) is 1.66. The minimum Gasteiger partial charge on any atom is -0.504 e. The van der Waals surface area contributed by atoms with Crippen molar-refractivity contribution in [2.75, 3.05) is 12.4 Å². The molecule has 3 nitrogen and oxygen atoms in total. The number of ether oxygens (including phenoxy) is 1. The average Bonchev–Trinajstić information content (AvgIpc) is 2.41. The predicted octanol–water partition coefficient (Wildman–Crippen LogP) is 3.29. The van der Waals surface area contributed by atoms with Crippen molar-refractivity contribution in [3.8, 4) is 11.5 Å². The van der Waals surface area contributed by atoms with E-state index >= 15 is 0 Å². The summed E-state index contributed by atoms with van der Waals surface area (Å²) < 4.78 is 31.3. The van der Waals surface area contributed by atoms with Crippen molar-refractivity contribution < 1.29 is 18.6 Å². The first-order valence-corrected chi connectivity index (χ1v) is 5.65. The van der Waals surface area contributed by atoms with E-state index in [1.807, 2.05) is 0 Å². The molecule has 0 saturated carbocycles. The minimum atomic E-state index is -0.521. The molecule has 0 bridgehead atoms. The Kier molecular flexibility index (Phi) is 3.85. The topological polar surface area (TPSA) is 41.5 Å². The van der Waals surface area contributed by atoms with E-state index in [-0.39, 0.29) is 18.0 Å². The van der Waals surface area contributed by atoms with Gasteiger partial charge in [0.25, 0.3) is 0 Å². The van der Waals surface area contributed by atoms with Crippen LogP contribution in [0.25, 0.3) is 0 Å². The lowest BCUT2D eigenvalue weighted by Crippen LogP contribution is -2.02.